The van der Waals surface area contributed by atoms with Crippen LogP contribution in [0.3, 0.4) is 0 Å². The third kappa shape index (κ3) is 4.29. The van der Waals surface area contributed by atoms with Crippen molar-refractivity contribution in [2.45, 2.75) is 19.0 Å². The van der Waals surface area contributed by atoms with Gasteiger partial charge in [-0.2, -0.15) is 0 Å². The van der Waals surface area contributed by atoms with E-state index in [0.717, 1.165) is 21.3 Å². The van der Waals surface area contributed by atoms with E-state index in [2.05, 4.69) is 10.3 Å². The van der Waals surface area contributed by atoms with Crippen LogP contribution in [0.4, 0.5) is 0 Å². The number of sulfone groups is 1. The zero-order chi connectivity index (χ0) is 19.6. The number of carbonyl (C=O) groups excluding carboxylic acids is 1. The topological polar surface area (TPSA) is 82.3 Å². The van der Waals surface area contributed by atoms with Gasteiger partial charge in [0.2, 0.25) is 5.91 Å². The number of hydrogen-bond acceptors (Lipinski definition) is 5. The molecule has 0 spiro atoms. The molecule has 1 fully saturated rings. The number of nitrogens with zero attached hydrogens (tertiary/aromatic N) is 1. The van der Waals surface area contributed by atoms with Crippen molar-refractivity contribution in [1.82, 2.24) is 15.2 Å². The van der Waals surface area contributed by atoms with Gasteiger partial charge >= 0.3 is 0 Å². The molecule has 0 aliphatic carbocycles. The van der Waals surface area contributed by atoms with Crippen LogP contribution in [-0.4, -0.2) is 54.8 Å². The number of carbonyl (C=O) groups is 1. The number of benzene rings is 1. The Morgan fingerprint density at radius 3 is 2.71 bits per heavy atom. The Balaban J connectivity index is 1.54. The molecule has 0 radical (unpaired) electrons. The summed E-state index contributed by atoms with van der Waals surface area (Å²) in [5, 5.41) is 6.12. The number of nitrogens with one attached hydrogen (secondary N) is 2. The lowest BCUT2D eigenvalue weighted by atomic mass is 10.0. The first-order valence-corrected chi connectivity index (χ1v) is 12.0. The average molecular weight is 418 g/mol. The maximum atomic E-state index is 13.1. The molecule has 2 N–H and O–H groups in total. The first-order valence-electron chi connectivity index (χ1n) is 9.31. The Bertz CT molecular complexity index is 1040. The summed E-state index contributed by atoms with van der Waals surface area (Å²) >= 11 is 1.61. The van der Waals surface area contributed by atoms with Gasteiger partial charge in [-0.25, -0.2) is 8.42 Å². The van der Waals surface area contributed by atoms with Crippen LogP contribution >= 0.6 is 11.3 Å². The predicted molar refractivity (Wildman–Crippen MR) is 112 cm³/mol. The Hall–Kier alpha value is -2.16. The Morgan fingerprint density at radius 1 is 1.18 bits per heavy atom. The highest BCUT2D eigenvalue weighted by molar-refractivity contribution is 7.91. The van der Waals surface area contributed by atoms with Crippen LogP contribution in [0.1, 0.15) is 10.4 Å². The van der Waals surface area contributed by atoms with Gasteiger partial charge in [-0.1, -0.05) is 24.3 Å². The molecule has 1 aliphatic heterocycles. The standard InChI is InChI=1S/C20H23N3O3S2/c24-20(22-14-16-4-3-9-27-16)19(23-7-10-28(25,26)11-8-23)12-15-13-21-18-6-2-1-5-17(15)18/h1-6,9,13,19,21H,7-8,10-12,14H2,(H,22,24)/t19-/m0/s1. The van der Waals surface area contributed by atoms with Crippen molar-refractivity contribution in [3.8, 4) is 0 Å². The molecule has 0 unspecified atom stereocenters. The third-order valence-electron chi connectivity index (χ3n) is 5.23. The Morgan fingerprint density at radius 2 is 1.96 bits per heavy atom. The molecular formula is C20H23N3O3S2. The number of thiophene rings is 1. The highest BCUT2D eigenvalue weighted by Crippen LogP contribution is 2.22. The van der Waals surface area contributed by atoms with Gasteiger partial charge in [0, 0.05) is 35.1 Å². The third-order valence-corrected chi connectivity index (χ3v) is 7.71. The smallest absolute Gasteiger partial charge is 0.237 e. The van der Waals surface area contributed by atoms with Crippen molar-refractivity contribution in [1.29, 1.82) is 0 Å². The summed E-state index contributed by atoms with van der Waals surface area (Å²) in [4.78, 5) is 19.4. The van der Waals surface area contributed by atoms with E-state index in [0.29, 0.717) is 26.1 Å². The summed E-state index contributed by atoms with van der Waals surface area (Å²) < 4.78 is 23.7. The predicted octanol–water partition coefficient (Wildman–Crippen LogP) is 2.19. The minimum absolute atomic E-state index is 0.0574. The molecule has 148 valence electrons. The normalized spacial score (nSPS) is 18.1. The summed E-state index contributed by atoms with van der Waals surface area (Å²) in [7, 11) is -3.00. The first kappa shape index (κ1) is 19.2. The molecule has 1 atom stereocenters. The van der Waals surface area contributed by atoms with Crippen LogP contribution < -0.4 is 5.32 Å². The summed E-state index contributed by atoms with van der Waals surface area (Å²) in [6.45, 7) is 1.27. The van der Waals surface area contributed by atoms with Crippen LogP contribution in [-0.2, 0) is 27.6 Å². The van der Waals surface area contributed by atoms with Crippen LogP contribution in [0.2, 0.25) is 0 Å². The van der Waals surface area contributed by atoms with Crippen molar-refractivity contribution in [3.05, 3.63) is 58.4 Å². The van der Waals surface area contributed by atoms with Crippen LogP contribution in [0, 0.1) is 0 Å². The van der Waals surface area contributed by atoms with E-state index in [9.17, 15) is 13.2 Å². The quantitative estimate of drug-likeness (QED) is 0.644. The number of rotatable bonds is 6. The van der Waals surface area contributed by atoms with Crippen LogP contribution in [0.15, 0.2) is 48.0 Å². The van der Waals surface area contributed by atoms with E-state index in [1.54, 1.807) is 11.3 Å². The molecule has 3 aromatic rings. The average Bonchev–Trinajstić information content (AvgIpc) is 3.35. The Labute approximate surface area is 168 Å². The van der Waals surface area contributed by atoms with E-state index < -0.39 is 15.9 Å². The largest absolute Gasteiger partial charge is 0.361 e. The molecule has 0 saturated carbocycles. The van der Waals surface area contributed by atoms with Gasteiger partial charge in [0.25, 0.3) is 0 Å². The molecule has 2 aromatic heterocycles. The van der Waals surface area contributed by atoms with E-state index in [-0.39, 0.29) is 17.4 Å². The summed E-state index contributed by atoms with van der Waals surface area (Å²) in [6.07, 6.45) is 2.49. The Kier molecular flexibility index (Phi) is 5.52. The fourth-order valence-corrected chi connectivity index (χ4v) is 5.51. The summed E-state index contributed by atoms with van der Waals surface area (Å²) in [6, 6.07) is 11.6. The summed E-state index contributed by atoms with van der Waals surface area (Å²) in [5.74, 6) is 0.156. The van der Waals surface area contributed by atoms with E-state index in [1.807, 2.05) is 52.9 Å². The SMILES string of the molecule is O=C(NCc1cccs1)[C@H](Cc1c[nH]c2ccccc12)N1CCS(=O)(=O)CC1. The second kappa shape index (κ2) is 8.06. The number of hydrogen-bond donors (Lipinski definition) is 2. The molecule has 1 saturated heterocycles. The number of para-hydroxylation sites is 1. The maximum absolute atomic E-state index is 13.1. The molecule has 1 aliphatic rings. The molecular weight excluding hydrogens is 394 g/mol. The van der Waals surface area contributed by atoms with Gasteiger partial charge in [0.1, 0.15) is 0 Å². The minimum Gasteiger partial charge on any atom is -0.361 e. The van der Waals surface area contributed by atoms with Gasteiger partial charge in [-0.15, -0.1) is 11.3 Å². The summed E-state index contributed by atoms with van der Waals surface area (Å²) in [5.41, 5.74) is 2.11. The lowest BCUT2D eigenvalue weighted by Crippen LogP contribution is -2.53. The molecule has 1 aromatic carbocycles. The number of H-pyrrole nitrogens is 1. The first-order chi connectivity index (χ1) is 13.5. The van der Waals surface area contributed by atoms with Crippen molar-refractivity contribution in [3.63, 3.8) is 0 Å². The van der Waals surface area contributed by atoms with Gasteiger partial charge in [0.15, 0.2) is 9.84 Å². The van der Waals surface area contributed by atoms with Crippen molar-refractivity contribution in [2.24, 2.45) is 0 Å². The van der Waals surface area contributed by atoms with Gasteiger partial charge in [0.05, 0.1) is 24.1 Å². The lowest BCUT2D eigenvalue weighted by molar-refractivity contribution is -0.126. The van der Waals surface area contributed by atoms with Gasteiger partial charge in [-0.3, -0.25) is 9.69 Å². The fraction of sp³-hybridized carbons (Fsp3) is 0.350. The van der Waals surface area contributed by atoms with E-state index in [1.165, 1.54) is 0 Å². The molecule has 3 heterocycles. The minimum atomic E-state index is -3.00. The number of aromatic amines is 1. The van der Waals surface area contributed by atoms with E-state index >= 15 is 0 Å². The highest BCUT2D eigenvalue weighted by Gasteiger charge is 2.32. The van der Waals surface area contributed by atoms with Gasteiger partial charge in [-0.05, 0) is 29.5 Å². The second-order valence-electron chi connectivity index (χ2n) is 7.06. The van der Waals surface area contributed by atoms with Crippen molar-refractivity contribution in [2.75, 3.05) is 24.6 Å². The van der Waals surface area contributed by atoms with Crippen molar-refractivity contribution >= 4 is 38.0 Å². The molecule has 6 nitrogen and oxygen atoms in total. The number of aromatic nitrogens is 1. The fourth-order valence-electron chi connectivity index (χ4n) is 3.64. The molecule has 28 heavy (non-hydrogen) atoms. The molecule has 8 heteroatoms. The second-order valence-corrected chi connectivity index (χ2v) is 10.4. The highest BCUT2D eigenvalue weighted by atomic mass is 32.2. The van der Waals surface area contributed by atoms with Crippen molar-refractivity contribution < 1.29 is 13.2 Å². The maximum Gasteiger partial charge on any atom is 0.237 e. The molecule has 4 rings (SSSR count). The lowest BCUT2D eigenvalue weighted by Gasteiger charge is -2.33. The molecule has 1 amide bonds. The van der Waals surface area contributed by atoms with E-state index in [4.69, 9.17) is 0 Å². The zero-order valence-electron chi connectivity index (χ0n) is 15.4. The monoisotopic (exact) mass is 417 g/mol. The zero-order valence-corrected chi connectivity index (χ0v) is 17.1. The number of fused-ring (bicyclic) bond motifs is 1. The van der Waals surface area contributed by atoms with Crippen LogP contribution in [0.25, 0.3) is 10.9 Å². The number of amides is 1. The molecule has 0 bridgehead atoms. The van der Waals surface area contributed by atoms with Gasteiger partial charge < -0.3 is 10.3 Å². The van der Waals surface area contributed by atoms with Crippen LogP contribution in [0.5, 0.6) is 0 Å².